The van der Waals surface area contributed by atoms with Gasteiger partial charge in [-0.1, -0.05) is 12.1 Å². The summed E-state index contributed by atoms with van der Waals surface area (Å²) in [5.74, 6) is -2.41. The number of benzene rings is 1. The summed E-state index contributed by atoms with van der Waals surface area (Å²) >= 11 is 0. The molecular formula is C11H8FN3O4. The van der Waals surface area contributed by atoms with Crippen LogP contribution < -0.4 is 11.2 Å². The fourth-order valence-corrected chi connectivity index (χ4v) is 1.55. The van der Waals surface area contributed by atoms with Crippen LogP contribution in [0.25, 0.3) is 5.69 Å². The average Bonchev–Trinajstić information content (AvgIpc) is 2.36. The Kier molecular flexibility index (Phi) is 2.99. The van der Waals surface area contributed by atoms with Gasteiger partial charge in [-0.05, 0) is 12.1 Å². The van der Waals surface area contributed by atoms with Crippen LogP contribution in [0, 0.1) is 5.82 Å². The highest BCUT2D eigenvalue weighted by Crippen LogP contribution is 2.08. The second-order valence-electron chi connectivity index (χ2n) is 3.65. The van der Waals surface area contributed by atoms with E-state index in [1.807, 2.05) is 0 Å². The van der Waals surface area contributed by atoms with E-state index in [0.717, 1.165) is 6.07 Å². The summed E-state index contributed by atoms with van der Waals surface area (Å²) < 4.78 is 14.7. The van der Waals surface area contributed by atoms with Crippen LogP contribution >= 0.6 is 0 Å². The fraction of sp³-hybridized carbons (Fsp3) is 0.0909. The van der Waals surface area contributed by atoms with Crippen molar-refractivity contribution in [1.82, 2.24) is 14.3 Å². The third-order valence-electron chi connectivity index (χ3n) is 2.42. The van der Waals surface area contributed by atoms with E-state index >= 15 is 0 Å². The number of halogens is 1. The van der Waals surface area contributed by atoms with Crippen molar-refractivity contribution in [2.24, 2.45) is 7.05 Å². The van der Waals surface area contributed by atoms with Crippen molar-refractivity contribution in [2.75, 3.05) is 0 Å². The number of nitrogens with zero attached hydrogens (tertiary/aromatic N) is 3. The van der Waals surface area contributed by atoms with Gasteiger partial charge in [-0.15, -0.1) is 0 Å². The van der Waals surface area contributed by atoms with Gasteiger partial charge in [0.15, 0.2) is 0 Å². The number of para-hydroxylation sites is 1. The molecule has 1 aromatic carbocycles. The highest BCUT2D eigenvalue weighted by atomic mass is 19.1. The van der Waals surface area contributed by atoms with Gasteiger partial charge in [0.05, 0.1) is 5.69 Å². The maximum absolute atomic E-state index is 13.6. The summed E-state index contributed by atoms with van der Waals surface area (Å²) in [7, 11) is 1.17. The molecule has 2 rings (SSSR count). The molecule has 1 heterocycles. The minimum absolute atomic E-state index is 0.321. The number of hydrogen-bond acceptors (Lipinski definition) is 4. The Balaban J connectivity index is 2.92. The SMILES string of the molecule is Cn1nc(C(=O)O)c(=O)n(-c2ccccc2F)c1=O. The highest BCUT2D eigenvalue weighted by molar-refractivity contribution is 5.84. The third kappa shape index (κ3) is 2.03. The van der Waals surface area contributed by atoms with Gasteiger partial charge in [0.25, 0.3) is 5.56 Å². The van der Waals surface area contributed by atoms with Crippen molar-refractivity contribution in [3.05, 3.63) is 56.6 Å². The van der Waals surface area contributed by atoms with Crippen molar-refractivity contribution in [3.63, 3.8) is 0 Å². The maximum atomic E-state index is 13.6. The summed E-state index contributed by atoms with van der Waals surface area (Å²) in [6, 6.07) is 5.06. The number of carbonyl (C=O) groups is 1. The molecule has 1 N–H and O–H groups in total. The largest absolute Gasteiger partial charge is 0.476 e. The first-order chi connectivity index (χ1) is 8.93. The summed E-state index contributed by atoms with van der Waals surface area (Å²) in [5, 5.41) is 12.2. The maximum Gasteiger partial charge on any atom is 0.362 e. The molecule has 0 aliphatic carbocycles. The van der Waals surface area contributed by atoms with Crippen LogP contribution in [0.1, 0.15) is 10.5 Å². The molecule has 7 nitrogen and oxygen atoms in total. The lowest BCUT2D eigenvalue weighted by Crippen LogP contribution is -2.43. The molecule has 0 unspecified atom stereocenters. The van der Waals surface area contributed by atoms with Gasteiger partial charge in [-0.25, -0.2) is 23.2 Å². The molecule has 0 aliphatic rings. The molecule has 8 heteroatoms. The van der Waals surface area contributed by atoms with Gasteiger partial charge in [0, 0.05) is 7.05 Å². The van der Waals surface area contributed by atoms with Crippen molar-refractivity contribution in [2.45, 2.75) is 0 Å². The first kappa shape index (κ1) is 12.7. The van der Waals surface area contributed by atoms with Gasteiger partial charge in [0.1, 0.15) is 5.82 Å². The minimum atomic E-state index is -1.59. The molecule has 0 fully saturated rings. The predicted molar refractivity (Wildman–Crippen MR) is 62.0 cm³/mol. The first-order valence-corrected chi connectivity index (χ1v) is 5.12. The van der Waals surface area contributed by atoms with Crippen LogP contribution in [0.4, 0.5) is 4.39 Å². The van der Waals surface area contributed by atoms with Gasteiger partial charge in [-0.2, -0.15) is 5.10 Å². The average molecular weight is 265 g/mol. The normalized spacial score (nSPS) is 10.4. The molecule has 98 valence electrons. The van der Waals surface area contributed by atoms with Crippen LogP contribution in [-0.2, 0) is 7.05 Å². The molecule has 0 atom stereocenters. The second-order valence-corrected chi connectivity index (χ2v) is 3.65. The van der Waals surface area contributed by atoms with E-state index in [4.69, 9.17) is 5.11 Å². The Hall–Kier alpha value is -2.77. The predicted octanol–water partition coefficient (Wildman–Crippen LogP) is -0.232. The van der Waals surface area contributed by atoms with E-state index in [-0.39, 0.29) is 5.69 Å². The Bertz CT molecular complexity index is 778. The number of hydrogen-bond donors (Lipinski definition) is 1. The standard InChI is InChI=1S/C11H8FN3O4/c1-14-11(19)15(7-5-3-2-4-6(7)12)9(16)8(13-14)10(17)18/h2-5H,1H3,(H,17,18). The van der Waals surface area contributed by atoms with Crippen LogP contribution in [0.5, 0.6) is 0 Å². The number of carboxylic acids is 1. The molecule has 0 spiro atoms. The summed E-state index contributed by atoms with van der Waals surface area (Å²) in [6.45, 7) is 0. The summed E-state index contributed by atoms with van der Waals surface area (Å²) in [4.78, 5) is 34.6. The van der Waals surface area contributed by atoms with Crippen molar-refractivity contribution >= 4 is 5.97 Å². The van der Waals surface area contributed by atoms with E-state index in [1.54, 1.807) is 0 Å². The van der Waals surface area contributed by atoms with Crippen LogP contribution in [0.15, 0.2) is 33.9 Å². The van der Waals surface area contributed by atoms with Gasteiger partial charge in [0.2, 0.25) is 5.69 Å². The Labute approximate surface area is 105 Å². The lowest BCUT2D eigenvalue weighted by atomic mass is 10.3. The van der Waals surface area contributed by atoms with E-state index in [0.29, 0.717) is 9.25 Å². The number of carboxylic acid groups (broad SMARTS) is 1. The molecule has 2 aromatic rings. The number of aryl methyl sites for hydroxylation is 1. The Morgan fingerprint density at radius 2 is 1.95 bits per heavy atom. The van der Waals surface area contributed by atoms with Crippen LogP contribution in [0.2, 0.25) is 0 Å². The van der Waals surface area contributed by atoms with Crippen molar-refractivity contribution in [3.8, 4) is 5.69 Å². The zero-order valence-corrected chi connectivity index (χ0v) is 9.70. The lowest BCUT2D eigenvalue weighted by molar-refractivity contribution is 0.0684. The Morgan fingerprint density at radius 3 is 2.53 bits per heavy atom. The molecule has 0 saturated carbocycles. The van der Waals surface area contributed by atoms with Gasteiger partial charge < -0.3 is 5.11 Å². The number of aromatic nitrogens is 3. The summed E-state index contributed by atoms with van der Waals surface area (Å²) in [5.41, 5.74) is -3.29. The first-order valence-electron chi connectivity index (χ1n) is 5.12. The molecule has 0 bridgehead atoms. The quantitative estimate of drug-likeness (QED) is 0.809. The van der Waals surface area contributed by atoms with Crippen LogP contribution in [-0.4, -0.2) is 25.4 Å². The zero-order valence-electron chi connectivity index (χ0n) is 9.70. The van der Waals surface area contributed by atoms with E-state index in [9.17, 15) is 18.8 Å². The van der Waals surface area contributed by atoms with Gasteiger partial charge in [-0.3, -0.25) is 4.79 Å². The smallest absolute Gasteiger partial charge is 0.362 e. The second kappa shape index (κ2) is 4.48. The zero-order chi connectivity index (χ0) is 14.2. The minimum Gasteiger partial charge on any atom is -0.476 e. The van der Waals surface area contributed by atoms with Crippen LogP contribution in [0.3, 0.4) is 0 Å². The molecule has 19 heavy (non-hydrogen) atoms. The molecule has 1 aromatic heterocycles. The Morgan fingerprint density at radius 1 is 1.32 bits per heavy atom. The highest BCUT2D eigenvalue weighted by Gasteiger charge is 2.19. The molecule has 0 saturated heterocycles. The number of aromatic carboxylic acids is 1. The van der Waals surface area contributed by atoms with Gasteiger partial charge >= 0.3 is 11.7 Å². The number of rotatable bonds is 2. The lowest BCUT2D eigenvalue weighted by Gasteiger charge is -2.08. The fourth-order valence-electron chi connectivity index (χ4n) is 1.55. The van der Waals surface area contributed by atoms with E-state index < -0.39 is 28.7 Å². The molecule has 0 aliphatic heterocycles. The van der Waals surface area contributed by atoms with E-state index in [1.165, 1.54) is 25.2 Å². The third-order valence-corrected chi connectivity index (χ3v) is 2.42. The monoisotopic (exact) mass is 265 g/mol. The molecular weight excluding hydrogens is 257 g/mol. The topological polar surface area (TPSA) is 94.2 Å². The summed E-state index contributed by atoms with van der Waals surface area (Å²) in [6.07, 6.45) is 0. The van der Waals surface area contributed by atoms with E-state index in [2.05, 4.69) is 5.10 Å². The van der Waals surface area contributed by atoms with Crippen molar-refractivity contribution in [1.29, 1.82) is 0 Å². The van der Waals surface area contributed by atoms with Crippen molar-refractivity contribution < 1.29 is 14.3 Å². The molecule has 0 amide bonds. The molecule has 0 radical (unpaired) electrons.